The molecule has 1 unspecified atom stereocenters. The minimum Gasteiger partial charge on any atom is -0.464 e. The van der Waals surface area contributed by atoms with Gasteiger partial charge in [0.05, 0.1) is 23.5 Å². The topological polar surface area (TPSA) is 56.1 Å². The third-order valence-corrected chi connectivity index (χ3v) is 3.34. The highest BCUT2D eigenvalue weighted by Crippen LogP contribution is 2.26. The number of aryl methyl sites for hydroxylation is 1. The van der Waals surface area contributed by atoms with Crippen LogP contribution in [-0.2, 0) is 16.1 Å². The average Bonchev–Trinajstić information content (AvgIpc) is 2.95. The number of ether oxygens (including phenoxy) is 1. The van der Waals surface area contributed by atoms with Crippen molar-refractivity contribution in [3.8, 4) is 0 Å². The fourth-order valence-electron chi connectivity index (χ4n) is 1.94. The van der Waals surface area contributed by atoms with Crippen molar-refractivity contribution in [3.63, 3.8) is 0 Å². The van der Waals surface area contributed by atoms with E-state index in [0.717, 1.165) is 12.1 Å². The number of aromatic nitrogens is 2. The molecule has 1 N–H and O–H groups in total. The summed E-state index contributed by atoms with van der Waals surface area (Å²) in [6.45, 7) is 4.82. The summed E-state index contributed by atoms with van der Waals surface area (Å²) >= 11 is 6.13. The maximum atomic E-state index is 12.2. The van der Waals surface area contributed by atoms with Gasteiger partial charge in [-0.2, -0.15) is 5.10 Å². The molecule has 2 rings (SSSR count). The highest BCUT2D eigenvalue weighted by Gasteiger charge is 2.24. The van der Waals surface area contributed by atoms with Gasteiger partial charge >= 0.3 is 5.97 Å². The molecule has 0 spiro atoms. The van der Waals surface area contributed by atoms with Crippen LogP contribution in [0.3, 0.4) is 0 Å². The molecule has 0 radical (unpaired) electrons. The van der Waals surface area contributed by atoms with E-state index in [-0.39, 0.29) is 5.97 Å². The predicted molar refractivity (Wildman–Crippen MR) is 82.3 cm³/mol. The number of halogens is 1. The Morgan fingerprint density at radius 1 is 1.43 bits per heavy atom. The summed E-state index contributed by atoms with van der Waals surface area (Å²) < 4.78 is 6.89. The van der Waals surface area contributed by atoms with Crippen LogP contribution in [-0.4, -0.2) is 22.4 Å². The van der Waals surface area contributed by atoms with E-state index in [1.807, 2.05) is 31.3 Å². The molecule has 1 aromatic heterocycles. The number of anilines is 1. The van der Waals surface area contributed by atoms with Gasteiger partial charge in [-0.25, -0.2) is 4.79 Å². The van der Waals surface area contributed by atoms with Crippen LogP contribution in [0.5, 0.6) is 0 Å². The van der Waals surface area contributed by atoms with Gasteiger partial charge in [0.1, 0.15) is 0 Å². The van der Waals surface area contributed by atoms with Crippen molar-refractivity contribution < 1.29 is 9.53 Å². The number of hydrogen-bond donors (Lipinski definition) is 1. The molecular formula is C15H18ClN3O2. The van der Waals surface area contributed by atoms with Crippen molar-refractivity contribution in [2.75, 3.05) is 11.9 Å². The normalized spacial score (nSPS) is 12.0. The first-order chi connectivity index (χ1) is 10.2. The molecule has 0 aliphatic carbocycles. The SMILES string of the molecule is CCOC(=O)C(Nc1ccccc1Cl)c1cnn(CC)c1. The van der Waals surface area contributed by atoms with Gasteiger partial charge in [0.2, 0.25) is 0 Å². The first-order valence-electron chi connectivity index (χ1n) is 6.85. The summed E-state index contributed by atoms with van der Waals surface area (Å²) in [5, 5.41) is 7.87. The Balaban J connectivity index is 2.28. The molecular weight excluding hydrogens is 290 g/mol. The summed E-state index contributed by atoms with van der Waals surface area (Å²) in [6.07, 6.45) is 3.49. The lowest BCUT2D eigenvalue weighted by Crippen LogP contribution is -2.23. The molecule has 0 aliphatic heterocycles. The van der Waals surface area contributed by atoms with Gasteiger partial charge in [0, 0.05) is 18.3 Å². The lowest BCUT2D eigenvalue weighted by molar-refractivity contribution is -0.144. The van der Waals surface area contributed by atoms with E-state index in [4.69, 9.17) is 16.3 Å². The molecule has 0 bridgehead atoms. The number of benzene rings is 1. The smallest absolute Gasteiger partial charge is 0.333 e. The minimum atomic E-state index is -0.634. The summed E-state index contributed by atoms with van der Waals surface area (Å²) in [5.74, 6) is -0.354. The molecule has 0 amide bonds. The first-order valence-corrected chi connectivity index (χ1v) is 7.23. The zero-order chi connectivity index (χ0) is 15.2. The van der Waals surface area contributed by atoms with Gasteiger partial charge in [-0.15, -0.1) is 0 Å². The third kappa shape index (κ3) is 3.76. The molecule has 1 heterocycles. The minimum absolute atomic E-state index is 0.321. The molecule has 0 fully saturated rings. The Morgan fingerprint density at radius 3 is 2.81 bits per heavy atom. The zero-order valence-corrected chi connectivity index (χ0v) is 12.8. The lowest BCUT2D eigenvalue weighted by Gasteiger charge is -2.18. The molecule has 6 heteroatoms. The van der Waals surface area contributed by atoms with E-state index >= 15 is 0 Å². The van der Waals surface area contributed by atoms with E-state index in [1.165, 1.54) is 0 Å². The maximum Gasteiger partial charge on any atom is 0.333 e. The van der Waals surface area contributed by atoms with E-state index in [1.54, 1.807) is 23.9 Å². The van der Waals surface area contributed by atoms with Gasteiger partial charge in [0.15, 0.2) is 6.04 Å². The van der Waals surface area contributed by atoms with Crippen LogP contribution in [0.4, 0.5) is 5.69 Å². The van der Waals surface area contributed by atoms with Crippen LogP contribution < -0.4 is 5.32 Å². The Hall–Kier alpha value is -2.01. The van der Waals surface area contributed by atoms with Crippen LogP contribution in [0, 0.1) is 0 Å². The van der Waals surface area contributed by atoms with Gasteiger partial charge in [-0.1, -0.05) is 23.7 Å². The molecule has 21 heavy (non-hydrogen) atoms. The van der Waals surface area contributed by atoms with Gasteiger partial charge in [0.25, 0.3) is 0 Å². The monoisotopic (exact) mass is 307 g/mol. The second-order valence-corrected chi connectivity index (χ2v) is 4.85. The highest BCUT2D eigenvalue weighted by molar-refractivity contribution is 6.33. The van der Waals surface area contributed by atoms with Crippen molar-refractivity contribution in [2.45, 2.75) is 26.4 Å². The summed E-state index contributed by atoms with van der Waals surface area (Å²) in [7, 11) is 0. The van der Waals surface area contributed by atoms with Crippen LogP contribution in [0.1, 0.15) is 25.5 Å². The number of hydrogen-bond acceptors (Lipinski definition) is 4. The van der Waals surface area contributed by atoms with E-state index in [9.17, 15) is 4.79 Å². The Bertz CT molecular complexity index is 612. The van der Waals surface area contributed by atoms with E-state index in [2.05, 4.69) is 10.4 Å². The molecule has 112 valence electrons. The van der Waals surface area contributed by atoms with Crippen molar-refractivity contribution >= 4 is 23.3 Å². The fourth-order valence-corrected chi connectivity index (χ4v) is 2.13. The number of nitrogens with zero attached hydrogens (tertiary/aromatic N) is 2. The van der Waals surface area contributed by atoms with E-state index < -0.39 is 6.04 Å². The van der Waals surface area contributed by atoms with Crippen molar-refractivity contribution in [3.05, 3.63) is 47.2 Å². The number of para-hydroxylation sites is 1. The number of esters is 1. The molecule has 1 atom stereocenters. The van der Waals surface area contributed by atoms with E-state index in [0.29, 0.717) is 17.3 Å². The Kier molecular flexibility index (Phi) is 5.22. The maximum absolute atomic E-state index is 12.2. The van der Waals surface area contributed by atoms with Crippen molar-refractivity contribution in [1.82, 2.24) is 9.78 Å². The largest absolute Gasteiger partial charge is 0.464 e. The molecule has 2 aromatic rings. The van der Waals surface area contributed by atoms with Crippen LogP contribution >= 0.6 is 11.6 Å². The highest BCUT2D eigenvalue weighted by atomic mass is 35.5. The average molecular weight is 308 g/mol. The predicted octanol–water partition coefficient (Wildman–Crippen LogP) is 3.27. The fraction of sp³-hybridized carbons (Fsp3) is 0.333. The molecule has 0 aliphatic rings. The lowest BCUT2D eigenvalue weighted by atomic mass is 10.1. The van der Waals surface area contributed by atoms with Gasteiger partial charge < -0.3 is 10.1 Å². The second-order valence-electron chi connectivity index (χ2n) is 4.44. The number of nitrogens with one attached hydrogen (secondary N) is 1. The standard InChI is InChI=1S/C15H18ClN3O2/c1-3-19-10-11(9-17-19)14(15(20)21-4-2)18-13-8-6-5-7-12(13)16/h5-10,14,18H,3-4H2,1-2H3. The summed E-state index contributed by atoms with van der Waals surface area (Å²) in [5.41, 5.74) is 1.43. The van der Waals surface area contributed by atoms with Crippen LogP contribution in [0.2, 0.25) is 5.02 Å². The molecule has 0 saturated heterocycles. The molecule has 5 nitrogen and oxygen atoms in total. The third-order valence-electron chi connectivity index (χ3n) is 3.01. The van der Waals surface area contributed by atoms with Crippen molar-refractivity contribution in [1.29, 1.82) is 0 Å². The second kappa shape index (κ2) is 7.13. The summed E-state index contributed by atoms with van der Waals surface area (Å²) in [6, 6.07) is 6.64. The van der Waals surface area contributed by atoms with Gasteiger partial charge in [-0.3, -0.25) is 4.68 Å². The molecule has 0 saturated carbocycles. The first kappa shape index (κ1) is 15.4. The van der Waals surface area contributed by atoms with Crippen molar-refractivity contribution in [2.24, 2.45) is 0 Å². The zero-order valence-electron chi connectivity index (χ0n) is 12.0. The number of rotatable bonds is 6. The van der Waals surface area contributed by atoms with Gasteiger partial charge in [-0.05, 0) is 26.0 Å². The number of carbonyl (C=O) groups excluding carboxylic acids is 1. The summed E-state index contributed by atoms with van der Waals surface area (Å²) in [4.78, 5) is 12.2. The number of carbonyl (C=O) groups is 1. The molecule has 1 aromatic carbocycles. The van der Waals surface area contributed by atoms with Crippen LogP contribution in [0.25, 0.3) is 0 Å². The quantitative estimate of drug-likeness (QED) is 0.832. The Morgan fingerprint density at radius 2 is 2.19 bits per heavy atom. The van der Waals surface area contributed by atoms with Crippen LogP contribution in [0.15, 0.2) is 36.7 Å². The Labute approximate surface area is 128 Å².